The van der Waals surface area contributed by atoms with Crippen molar-refractivity contribution in [1.82, 2.24) is 0 Å². The van der Waals surface area contributed by atoms with Gasteiger partial charge in [0.15, 0.2) is 0 Å². The van der Waals surface area contributed by atoms with Gasteiger partial charge in [0.1, 0.15) is 0 Å². The molecule has 342 valence electrons. The molecule has 14 rings (SSSR count). The summed E-state index contributed by atoms with van der Waals surface area (Å²) < 4.78 is 0. The lowest BCUT2D eigenvalue weighted by atomic mass is 9.67. The summed E-state index contributed by atoms with van der Waals surface area (Å²) in [5, 5.41) is 2.44. The molecule has 0 aliphatic heterocycles. The van der Waals surface area contributed by atoms with Crippen molar-refractivity contribution in [3.63, 3.8) is 0 Å². The molecule has 0 unspecified atom stereocenters. The van der Waals surface area contributed by atoms with Gasteiger partial charge in [-0.3, -0.25) is 0 Å². The Hall–Kier alpha value is -9.30. The average molecular weight is 928 g/mol. The van der Waals surface area contributed by atoms with Crippen LogP contribution in [-0.4, -0.2) is 0 Å². The Morgan fingerprint density at radius 1 is 0.233 bits per heavy atom. The molecule has 0 aromatic heterocycles. The Morgan fingerprint density at radius 3 is 1.32 bits per heavy atom. The van der Waals surface area contributed by atoms with E-state index in [9.17, 15) is 0 Å². The van der Waals surface area contributed by atoms with Gasteiger partial charge in [0.05, 0.1) is 10.8 Å². The van der Waals surface area contributed by atoms with Crippen molar-refractivity contribution in [1.29, 1.82) is 0 Å². The van der Waals surface area contributed by atoms with E-state index >= 15 is 0 Å². The summed E-state index contributed by atoms with van der Waals surface area (Å²) in [7, 11) is 0. The van der Waals surface area contributed by atoms with E-state index in [2.05, 4.69) is 302 Å². The van der Waals surface area contributed by atoms with Crippen molar-refractivity contribution in [3.05, 3.63) is 342 Å². The highest BCUT2D eigenvalue weighted by Gasteiger charge is 2.48. The Bertz CT molecular complexity index is 3930. The Kier molecular flexibility index (Phi) is 10.0. The molecule has 73 heavy (non-hydrogen) atoms. The smallest absolute Gasteiger partial charge is 0.0714 e. The van der Waals surface area contributed by atoms with E-state index < -0.39 is 10.8 Å². The summed E-state index contributed by atoms with van der Waals surface area (Å²) in [5.74, 6) is 0. The fraction of sp³-hybridized carbons (Fsp3) is 0.0278. The number of fused-ring (bicyclic) bond motifs is 7. The van der Waals surface area contributed by atoms with Crippen LogP contribution in [0.3, 0.4) is 0 Å². The minimum atomic E-state index is -0.526. The SMILES string of the molecule is c1ccc(N(c2cccc(-c3ccc4ccccc4c3-c3cccc4c3-c3ccccc3C4(c3ccccc3)c3ccccc3)c2)c2ccc3c(c2)C(c2ccccc2)(c2ccccc2)c2ccccc2-3)cc1. The maximum atomic E-state index is 2.47. The molecular formula is C72H49N. The summed E-state index contributed by atoms with van der Waals surface area (Å²) in [6, 6.07) is 110. The number of nitrogens with zero attached hydrogens (tertiary/aromatic N) is 1. The van der Waals surface area contributed by atoms with Crippen molar-refractivity contribution in [2.24, 2.45) is 0 Å². The molecule has 0 spiro atoms. The fourth-order valence-electron chi connectivity index (χ4n) is 12.9. The molecule has 1 heteroatoms. The standard InChI is InChI=1S/C72H49N/c1-6-26-52(27-7-1)71(53-28-8-2-9-29-53)66-42-21-19-39-63(66)70-64(40-23-43-67(70)71)69-59-37-17-16-24-50(59)44-46-60(69)51-25-22-36-57(48-51)73(56-34-14-5-15-35-56)58-45-47-62-61-38-18-20-41-65(61)72(68(62)49-58,54-30-10-3-11-31-54)55-32-12-4-13-33-55/h1-49H. The van der Waals surface area contributed by atoms with E-state index in [4.69, 9.17) is 0 Å². The number of hydrogen-bond donors (Lipinski definition) is 0. The van der Waals surface area contributed by atoms with Crippen LogP contribution in [0.2, 0.25) is 0 Å². The first-order chi connectivity index (χ1) is 36.2. The van der Waals surface area contributed by atoms with Crippen LogP contribution in [0.15, 0.2) is 297 Å². The molecule has 0 fully saturated rings. The highest BCUT2D eigenvalue weighted by molar-refractivity contribution is 6.09. The van der Waals surface area contributed by atoms with Crippen molar-refractivity contribution >= 4 is 27.8 Å². The number of para-hydroxylation sites is 1. The maximum absolute atomic E-state index is 2.47. The molecule has 0 radical (unpaired) electrons. The summed E-state index contributed by atoms with van der Waals surface area (Å²) in [6.07, 6.45) is 0. The molecule has 2 aliphatic rings. The zero-order chi connectivity index (χ0) is 48.3. The minimum Gasteiger partial charge on any atom is -0.310 e. The van der Waals surface area contributed by atoms with Gasteiger partial charge in [-0.2, -0.15) is 0 Å². The highest BCUT2D eigenvalue weighted by Crippen LogP contribution is 2.60. The second-order valence-electron chi connectivity index (χ2n) is 19.4. The van der Waals surface area contributed by atoms with Crippen LogP contribution >= 0.6 is 0 Å². The predicted molar refractivity (Wildman–Crippen MR) is 304 cm³/mol. The molecule has 12 aromatic carbocycles. The predicted octanol–water partition coefficient (Wildman–Crippen LogP) is 18.4. The van der Waals surface area contributed by atoms with Crippen LogP contribution in [0.5, 0.6) is 0 Å². The minimum absolute atomic E-state index is 0.513. The molecule has 0 saturated heterocycles. The third kappa shape index (κ3) is 6.42. The normalized spacial score (nSPS) is 13.4. The van der Waals surface area contributed by atoms with E-state index in [1.807, 2.05) is 0 Å². The van der Waals surface area contributed by atoms with E-state index in [1.165, 1.54) is 94.2 Å². The zero-order valence-corrected chi connectivity index (χ0v) is 40.2. The summed E-state index contributed by atoms with van der Waals surface area (Å²) >= 11 is 0. The second-order valence-corrected chi connectivity index (χ2v) is 19.4. The number of anilines is 3. The van der Waals surface area contributed by atoms with Crippen LogP contribution < -0.4 is 4.90 Å². The first-order valence-electron chi connectivity index (χ1n) is 25.4. The third-order valence-corrected chi connectivity index (χ3v) is 15.8. The first kappa shape index (κ1) is 42.6. The summed E-state index contributed by atoms with van der Waals surface area (Å²) in [6.45, 7) is 0. The lowest BCUT2D eigenvalue weighted by molar-refractivity contribution is 0.768. The summed E-state index contributed by atoms with van der Waals surface area (Å²) in [4.78, 5) is 2.44. The van der Waals surface area contributed by atoms with Crippen molar-refractivity contribution in [2.75, 3.05) is 4.90 Å². The Labute approximate surface area is 427 Å². The van der Waals surface area contributed by atoms with Gasteiger partial charge in [-0.1, -0.05) is 261 Å². The van der Waals surface area contributed by atoms with Crippen LogP contribution in [0.1, 0.15) is 44.5 Å². The average Bonchev–Trinajstić information content (AvgIpc) is 3.95. The summed E-state index contributed by atoms with van der Waals surface area (Å²) in [5.41, 5.74) is 22.3. The van der Waals surface area contributed by atoms with Crippen LogP contribution in [-0.2, 0) is 10.8 Å². The van der Waals surface area contributed by atoms with Gasteiger partial charge in [-0.15, -0.1) is 0 Å². The van der Waals surface area contributed by atoms with E-state index in [0.717, 1.165) is 22.6 Å². The van der Waals surface area contributed by atoms with Gasteiger partial charge in [-0.25, -0.2) is 0 Å². The number of benzene rings is 12. The lowest BCUT2D eigenvalue weighted by Gasteiger charge is -2.35. The molecule has 0 atom stereocenters. The largest absolute Gasteiger partial charge is 0.310 e. The van der Waals surface area contributed by atoms with E-state index in [0.29, 0.717) is 0 Å². The molecule has 1 nitrogen and oxygen atoms in total. The van der Waals surface area contributed by atoms with Crippen LogP contribution in [0.25, 0.3) is 55.3 Å². The zero-order valence-electron chi connectivity index (χ0n) is 40.2. The fourth-order valence-corrected chi connectivity index (χ4v) is 12.9. The maximum Gasteiger partial charge on any atom is 0.0714 e. The van der Waals surface area contributed by atoms with Gasteiger partial charge in [0, 0.05) is 17.1 Å². The molecule has 0 bridgehead atoms. The number of hydrogen-bond acceptors (Lipinski definition) is 1. The monoisotopic (exact) mass is 927 g/mol. The van der Waals surface area contributed by atoms with E-state index in [1.54, 1.807) is 0 Å². The molecule has 0 heterocycles. The molecule has 0 N–H and O–H groups in total. The van der Waals surface area contributed by atoms with Crippen molar-refractivity contribution in [3.8, 4) is 44.5 Å². The molecule has 12 aromatic rings. The van der Waals surface area contributed by atoms with Gasteiger partial charge < -0.3 is 4.90 Å². The Balaban J connectivity index is 0.991. The second kappa shape index (κ2) is 17.2. The topological polar surface area (TPSA) is 3.24 Å². The third-order valence-electron chi connectivity index (χ3n) is 15.8. The highest BCUT2D eigenvalue weighted by atomic mass is 15.1. The molecular weight excluding hydrogens is 879 g/mol. The van der Waals surface area contributed by atoms with E-state index in [-0.39, 0.29) is 0 Å². The molecule has 0 saturated carbocycles. The van der Waals surface area contributed by atoms with Crippen LogP contribution in [0.4, 0.5) is 17.1 Å². The number of rotatable bonds is 9. The van der Waals surface area contributed by atoms with Gasteiger partial charge >= 0.3 is 0 Å². The first-order valence-corrected chi connectivity index (χ1v) is 25.4. The van der Waals surface area contributed by atoms with Gasteiger partial charge in [0.25, 0.3) is 0 Å². The van der Waals surface area contributed by atoms with Crippen LogP contribution in [0, 0.1) is 0 Å². The quantitative estimate of drug-likeness (QED) is 0.139. The lowest BCUT2D eigenvalue weighted by Crippen LogP contribution is -2.28. The van der Waals surface area contributed by atoms with Gasteiger partial charge in [-0.05, 0) is 136 Å². The molecule has 0 amide bonds. The molecule has 2 aliphatic carbocycles. The van der Waals surface area contributed by atoms with Crippen molar-refractivity contribution in [2.45, 2.75) is 10.8 Å². The van der Waals surface area contributed by atoms with Crippen molar-refractivity contribution < 1.29 is 0 Å². The Morgan fingerprint density at radius 2 is 0.671 bits per heavy atom. The van der Waals surface area contributed by atoms with Gasteiger partial charge in [0.2, 0.25) is 0 Å².